The van der Waals surface area contributed by atoms with Crippen molar-refractivity contribution in [2.24, 2.45) is 17.1 Å². The fourth-order valence-corrected chi connectivity index (χ4v) is 3.35. The summed E-state index contributed by atoms with van der Waals surface area (Å²) >= 11 is 0. The van der Waals surface area contributed by atoms with Gasteiger partial charge in [-0.05, 0) is 56.4 Å². The Kier molecular flexibility index (Phi) is 2.94. The summed E-state index contributed by atoms with van der Waals surface area (Å²) in [6.07, 6.45) is 8.98. The monoisotopic (exact) mass is 225 g/mol. The Hall–Kier alpha value is -0.120. The normalized spacial score (nSPS) is 46.7. The molecule has 2 heterocycles. The summed E-state index contributed by atoms with van der Waals surface area (Å²) in [5, 5.41) is 0. The van der Waals surface area contributed by atoms with Gasteiger partial charge in [0, 0.05) is 0 Å². The first-order chi connectivity index (χ1) is 7.80. The molecular formula is C13H23NO2. The Morgan fingerprint density at radius 3 is 1.88 bits per heavy atom. The maximum absolute atomic E-state index is 5.77. The van der Waals surface area contributed by atoms with E-state index in [9.17, 15) is 0 Å². The summed E-state index contributed by atoms with van der Waals surface area (Å²) in [7, 11) is 0. The highest BCUT2D eigenvalue weighted by Crippen LogP contribution is 2.48. The smallest absolute Gasteiger partial charge is 0.0815 e. The van der Waals surface area contributed by atoms with E-state index >= 15 is 0 Å². The lowest BCUT2D eigenvalue weighted by molar-refractivity contribution is 0.102. The summed E-state index contributed by atoms with van der Waals surface area (Å²) < 4.78 is 10.9. The highest BCUT2D eigenvalue weighted by Gasteiger charge is 2.44. The second-order valence-corrected chi connectivity index (χ2v) is 6.00. The van der Waals surface area contributed by atoms with Crippen LogP contribution >= 0.6 is 0 Å². The van der Waals surface area contributed by atoms with E-state index in [2.05, 4.69) is 0 Å². The molecule has 1 saturated carbocycles. The molecule has 3 rings (SSSR count). The van der Waals surface area contributed by atoms with Crippen molar-refractivity contribution in [2.75, 3.05) is 19.8 Å². The van der Waals surface area contributed by atoms with Crippen LogP contribution < -0.4 is 5.73 Å². The van der Waals surface area contributed by atoms with Gasteiger partial charge in [-0.3, -0.25) is 0 Å². The van der Waals surface area contributed by atoms with Crippen molar-refractivity contribution in [1.29, 1.82) is 0 Å². The molecule has 3 nitrogen and oxygen atoms in total. The molecule has 1 aliphatic carbocycles. The predicted molar refractivity (Wildman–Crippen MR) is 62.2 cm³/mol. The molecule has 16 heavy (non-hydrogen) atoms. The molecule has 2 N–H and O–H groups in total. The average molecular weight is 225 g/mol. The van der Waals surface area contributed by atoms with Crippen LogP contribution in [0.25, 0.3) is 0 Å². The lowest BCUT2D eigenvalue weighted by atomic mass is 9.66. The van der Waals surface area contributed by atoms with Gasteiger partial charge >= 0.3 is 0 Å². The zero-order valence-corrected chi connectivity index (χ0v) is 9.99. The van der Waals surface area contributed by atoms with E-state index < -0.39 is 0 Å². The van der Waals surface area contributed by atoms with E-state index in [-0.39, 0.29) is 0 Å². The maximum Gasteiger partial charge on any atom is 0.0815 e. The van der Waals surface area contributed by atoms with E-state index in [4.69, 9.17) is 15.2 Å². The van der Waals surface area contributed by atoms with Crippen LogP contribution in [0.4, 0.5) is 0 Å². The molecule has 2 aliphatic heterocycles. The first kappa shape index (κ1) is 11.0. The van der Waals surface area contributed by atoms with Crippen LogP contribution in [0.5, 0.6) is 0 Å². The fraction of sp³-hybridized carbons (Fsp3) is 1.00. The van der Waals surface area contributed by atoms with Crippen molar-refractivity contribution in [1.82, 2.24) is 0 Å². The van der Waals surface area contributed by atoms with Crippen molar-refractivity contribution >= 4 is 0 Å². The molecule has 0 bridgehead atoms. The minimum atomic E-state index is 0.522. The fourth-order valence-electron chi connectivity index (χ4n) is 3.35. The van der Waals surface area contributed by atoms with Crippen molar-refractivity contribution in [3.8, 4) is 0 Å². The maximum atomic E-state index is 5.77. The van der Waals surface area contributed by atoms with Crippen LogP contribution in [0.1, 0.15) is 38.5 Å². The van der Waals surface area contributed by atoms with Gasteiger partial charge in [0.2, 0.25) is 0 Å². The number of hydrogen-bond donors (Lipinski definition) is 1. The molecule has 2 saturated heterocycles. The van der Waals surface area contributed by atoms with Crippen molar-refractivity contribution in [2.45, 2.75) is 50.7 Å². The SMILES string of the molecule is NCC1CCC(CC2CO2)(CC2CO2)CC1. The van der Waals surface area contributed by atoms with Crippen LogP contribution in [0.2, 0.25) is 0 Å². The molecule has 0 spiro atoms. The molecule has 92 valence electrons. The Balaban J connectivity index is 1.59. The second-order valence-electron chi connectivity index (χ2n) is 6.00. The third-order valence-electron chi connectivity index (χ3n) is 4.63. The van der Waals surface area contributed by atoms with E-state index in [0.717, 1.165) is 25.7 Å². The zero-order chi connectivity index (χ0) is 11.0. The van der Waals surface area contributed by atoms with Crippen LogP contribution in [0.3, 0.4) is 0 Å². The highest BCUT2D eigenvalue weighted by atomic mass is 16.6. The standard InChI is InChI=1S/C13H23NO2/c14-7-10-1-3-13(4-2-10,5-11-8-15-11)6-12-9-16-12/h10-12H,1-9,14H2. The first-order valence-electron chi connectivity index (χ1n) is 6.73. The van der Waals surface area contributed by atoms with E-state index in [1.54, 1.807) is 0 Å². The minimum absolute atomic E-state index is 0.522. The Morgan fingerprint density at radius 1 is 1.00 bits per heavy atom. The number of rotatable bonds is 5. The Morgan fingerprint density at radius 2 is 1.50 bits per heavy atom. The van der Waals surface area contributed by atoms with Crippen LogP contribution in [-0.2, 0) is 9.47 Å². The summed E-state index contributed by atoms with van der Waals surface area (Å²) in [5.74, 6) is 0.772. The van der Waals surface area contributed by atoms with Gasteiger partial charge < -0.3 is 15.2 Å². The van der Waals surface area contributed by atoms with Crippen molar-refractivity contribution in [3.63, 3.8) is 0 Å². The quantitative estimate of drug-likeness (QED) is 0.724. The first-order valence-corrected chi connectivity index (χ1v) is 6.73. The van der Waals surface area contributed by atoms with Crippen LogP contribution in [0, 0.1) is 11.3 Å². The number of hydrogen-bond acceptors (Lipinski definition) is 3. The minimum Gasteiger partial charge on any atom is -0.373 e. The van der Waals surface area contributed by atoms with Gasteiger partial charge in [-0.25, -0.2) is 0 Å². The molecule has 0 aromatic carbocycles. The van der Waals surface area contributed by atoms with Gasteiger partial charge in [-0.15, -0.1) is 0 Å². The van der Waals surface area contributed by atoms with Crippen LogP contribution in [0.15, 0.2) is 0 Å². The molecule has 3 aliphatic rings. The molecule has 2 atom stereocenters. The lowest BCUT2D eigenvalue weighted by Crippen LogP contribution is -2.32. The van der Waals surface area contributed by atoms with Crippen LogP contribution in [-0.4, -0.2) is 32.0 Å². The van der Waals surface area contributed by atoms with Crippen molar-refractivity contribution in [3.05, 3.63) is 0 Å². The molecule has 0 aromatic rings. The number of nitrogens with two attached hydrogens (primary N) is 1. The Labute approximate surface area is 97.7 Å². The van der Waals surface area contributed by atoms with E-state index in [1.807, 2.05) is 0 Å². The van der Waals surface area contributed by atoms with Gasteiger partial charge in [-0.1, -0.05) is 0 Å². The van der Waals surface area contributed by atoms with Gasteiger partial charge in [0.1, 0.15) is 0 Å². The second kappa shape index (κ2) is 4.28. The molecule has 2 unspecified atom stereocenters. The summed E-state index contributed by atoms with van der Waals surface area (Å²) in [4.78, 5) is 0. The lowest BCUT2D eigenvalue weighted by Gasteiger charge is -2.40. The van der Waals surface area contributed by atoms with Crippen molar-refractivity contribution < 1.29 is 9.47 Å². The molecule has 3 fully saturated rings. The van der Waals surface area contributed by atoms with E-state index in [1.165, 1.54) is 38.5 Å². The molecule has 0 amide bonds. The van der Waals surface area contributed by atoms with Gasteiger partial charge in [0.15, 0.2) is 0 Å². The molecule has 0 aromatic heterocycles. The van der Waals surface area contributed by atoms with E-state index in [0.29, 0.717) is 17.6 Å². The van der Waals surface area contributed by atoms with Gasteiger partial charge in [0.05, 0.1) is 25.4 Å². The summed E-state index contributed by atoms with van der Waals surface area (Å²) in [6.45, 7) is 2.86. The predicted octanol–water partition coefficient (Wildman–Crippen LogP) is 1.70. The summed E-state index contributed by atoms with van der Waals surface area (Å²) in [5.41, 5.74) is 6.29. The van der Waals surface area contributed by atoms with Gasteiger partial charge in [-0.2, -0.15) is 0 Å². The topological polar surface area (TPSA) is 51.1 Å². The third-order valence-corrected chi connectivity index (χ3v) is 4.63. The number of ether oxygens (including phenoxy) is 2. The third kappa shape index (κ3) is 2.58. The Bertz CT molecular complexity index is 224. The molecule has 0 radical (unpaired) electrons. The zero-order valence-electron chi connectivity index (χ0n) is 9.99. The van der Waals surface area contributed by atoms with Gasteiger partial charge in [0.25, 0.3) is 0 Å². The summed E-state index contributed by atoms with van der Waals surface area (Å²) in [6, 6.07) is 0. The molecular weight excluding hydrogens is 202 g/mol. The largest absolute Gasteiger partial charge is 0.373 e. The number of epoxide rings is 2. The highest BCUT2D eigenvalue weighted by molar-refractivity contribution is 4.94. The molecule has 3 heteroatoms. The average Bonchev–Trinajstić information content (AvgIpc) is 3.17.